The van der Waals surface area contributed by atoms with Crippen molar-refractivity contribution < 1.29 is 14.7 Å². The first-order valence-electron chi connectivity index (χ1n) is 7.14. The van der Waals surface area contributed by atoms with Crippen LogP contribution in [0.3, 0.4) is 0 Å². The van der Waals surface area contributed by atoms with E-state index < -0.39 is 12.0 Å². The zero-order chi connectivity index (χ0) is 13.8. The average Bonchev–Trinajstić information content (AvgIpc) is 3.09. The van der Waals surface area contributed by atoms with Crippen molar-refractivity contribution in [1.82, 2.24) is 15.1 Å². The molecule has 2 rings (SSSR count). The number of nitrogens with zero attached hydrogens (tertiary/aromatic N) is 2. The van der Waals surface area contributed by atoms with Crippen LogP contribution in [0, 0.1) is 0 Å². The van der Waals surface area contributed by atoms with E-state index in [0.29, 0.717) is 25.6 Å². The Balaban J connectivity index is 1.73. The number of rotatable bonds is 6. The summed E-state index contributed by atoms with van der Waals surface area (Å²) in [5, 5.41) is 11.9. The maximum absolute atomic E-state index is 11.9. The number of urea groups is 1. The average molecular weight is 269 g/mol. The molecule has 0 aromatic carbocycles. The summed E-state index contributed by atoms with van der Waals surface area (Å²) >= 11 is 0. The molecular formula is C13H23N3O3. The highest BCUT2D eigenvalue weighted by atomic mass is 16.4. The van der Waals surface area contributed by atoms with Gasteiger partial charge in [0.1, 0.15) is 6.04 Å². The van der Waals surface area contributed by atoms with Crippen molar-refractivity contribution in [1.29, 1.82) is 0 Å². The minimum atomic E-state index is -0.902. The summed E-state index contributed by atoms with van der Waals surface area (Å²) in [5.74, 6) is -0.902. The van der Waals surface area contributed by atoms with Crippen LogP contribution in [0.5, 0.6) is 0 Å². The quantitative estimate of drug-likeness (QED) is 0.745. The molecule has 0 radical (unpaired) electrons. The smallest absolute Gasteiger partial charge is 0.326 e. The van der Waals surface area contributed by atoms with Gasteiger partial charge in [0.15, 0.2) is 0 Å². The number of carbonyl (C=O) groups excluding carboxylic acids is 1. The van der Waals surface area contributed by atoms with Gasteiger partial charge in [0.25, 0.3) is 0 Å². The highest BCUT2D eigenvalue weighted by Gasteiger charge is 2.34. The van der Waals surface area contributed by atoms with Gasteiger partial charge in [-0.1, -0.05) is 6.92 Å². The number of hydrogen-bond donors (Lipinski definition) is 2. The molecule has 19 heavy (non-hydrogen) atoms. The van der Waals surface area contributed by atoms with Gasteiger partial charge in [-0.3, -0.25) is 4.90 Å². The van der Waals surface area contributed by atoms with Gasteiger partial charge in [0.2, 0.25) is 0 Å². The number of likely N-dealkylation sites (tertiary alicyclic amines) is 1. The molecule has 2 aliphatic rings. The van der Waals surface area contributed by atoms with Gasteiger partial charge < -0.3 is 15.3 Å². The van der Waals surface area contributed by atoms with Crippen LogP contribution in [-0.2, 0) is 4.79 Å². The lowest BCUT2D eigenvalue weighted by Gasteiger charge is -2.24. The third kappa shape index (κ3) is 3.59. The van der Waals surface area contributed by atoms with Crippen molar-refractivity contribution in [2.75, 3.05) is 26.2 Å². The van der Waals surface area contributed by atoms with Gasteiger partial charge >= 0.3 is 12.0 Å². The SMILES string of the molecule is CCN(CCNC(=O)N1CCC[C@@H]1C(=O)O)C1CC1. The molecular weight excluding hydrogens is 246 g/mol. The predicted octanol–water partition coefficient (Wildman–Crippen LogP) is 0.729. The molecule has 2 N–H and O–H groups in total. The lowest BCUT2D eigenvalue weighted by Crippen LogP contribution is -2.47. The largest absolute Gasteiger partial charge is 0.480 e. The Morgan fingerprint density at radius 3 is 2.68 bits per heavy atom. The third-order valence-electron chi connectivity index (χ3n) is 3.94. The van der Waals surface area contributed by atoms with E-state index in [0.717, 1.165) is 19.5 Å². The molecule has 108 valence electrons. The summed E-state index contributed by atoms with van der Waals surface area (Å²) in [7, 11) is 0. The van der Waals surface area contributed by atoms with Crippen LogP contribution in [0.25, 0.3) is 0 Å². The molecule has 0 spiro atoms. The normalized spacial score (nSPS) is 22.8. The summed E-state index contributed by atoms with van der Waals surface area (Å²) in [5.41, 5.74) is 0. The molecule has 1 saturated carbocycles. The summed E-state index contributed by atoms with van der Waals surface area (Å²) in [6.07, 6.45) is 3.85. The standard InChI is InChI=1S/C13H23N3O3/c1-2-15(10-5-6-10)9-7-14-13(19)16-8-3-4-11(16)12(17)18/h10-11H,2-9H2,1H3,(H,14,19)(H,17,18)/t11-/m1/s1. The topological polar surface area (TPSA) is 72.9 Å². The van der Waals surface area contributed by atoms with Gasteiger partial charge in [0, 0.05) is 25.7 Å². The van der Waals surface area contributed by atoms with Crippen LogP contribution in [-0.4, -0.2) is 65.2 Å². The van der Waals surface area contributed by atoms with E-state index in [1.54, 1.807) is 0 Å². The molecule has 0 aromatic rings. The van der Waals surface area contributed by atoms with Crippen LogP contribution in [0.4, 0.5) is 4.79 Å². The first kappa shape index (κ1) is 14.1. The Labute approximate surface area is 113 Å². The second-order valence-corrected chi connectivity index (χ2v) is 5.28. The van der Waals surface area contributed by atoms with Gasteiger partial charge in [0.05, 0.1) is 0 Å². The Hall–Kier alpha value is -1.30. The van der Waals surface area contributed by atoms with Gasteiger partial charge in [-0.25, -0.2) is 9.59 Å². The minimum Gasteiger partial charge on any atom is -0.480 e. The third-order valence-corrected chi connectivity index (χ3v) is 3.94. The molecule has 0 unspecified atom stereocenters. The van der Waals surface area contributed by atoms with E-state index in [-0.39, 0.29) is 6.03 Å². The van der Waals surface area contributed by atoms with Crippen LogP contribution in [0.1, 0.15) is 32.6 Å². The van der Waals surface area contributed by atoms with Crippen LogP contribution < -0.4 is 5.32 Å². The number of amides is 2. The minimum absolute atomic E-state index is 0.239. The number of carbonyl (C=O) groups is 2. The fourth-order valence-electron chi connectivity index (χ4n) is 2.71. The van der Waals surface area contributed by atoms with Crippen LogP contribution >= 0.6 is 0 Å². The summed E-state index contributed by atoms with van der Waals surface area (Å²) < 4.78 is 0. The van der Waals surface area contributed by atoms with E-state index in [1.807, 2.05) is 0 Å². The molecule has 1 atom stereocenters. The number of carboxylic acids is 1. The lowest BCUT2D eigenvalue weighted by atomic mass is 10.2. The van der Waals surface area contributed by atoms with Gasteiger partial charge in [-0.05, 0) is 32.2 Å². The van der Waals surface area contributed by atoms with E-state index >= 15 is 0 Å². The lowest BCUT2D eigenvalue weighted by molar-refractivity contribution is -0.141. The second kappa shape index (κ2) is 6.23. The van der Waals surface area contributed by atoms with Crippen LogP contribution in [0.15, 0.2) is 0 Å². The first-order chi connectivity index (χ1) is 9.13. The number of carboxylic acid groups (broad SMARTS) is 1. The van der Waals surface area contributed by atoms with Crippen molar-refractivity contribution >= 4 is 12.0 Å². The Morgan fingerprint density at radius 1 is 1.37 bits per heavy atom. The van der Waals surface area contributed by atoms with Crippen LogP contribution in [0.2, 0.25) is 0 Å². The monoisotopic (exact) mass is 269 g/mol. The Kier molecular flexibility index (Phi) is 4.63. The predicted molar refractivity (Wildman–Crippen MR) is 71.0 cm³/mol. The fourth-order valence-corrected chi connectivity index (χ4v) is 2.71. The molecule has 6 heteroatoms. The molecule has 1 heterocycles. The fraction of sp³-hybridized carbons (Fsp3) is 0.846. The molecule has 0 bridgehead atoms. The maximum Gasteiger partial charge on any atom is 0.326 e. The van der Waals surface area contributed by atoms with E-state index in [4.69, 9.17) is 5.11 Å². The molecule has 1 aliphatic carbocycles. The zero-order valence-electron chi connectivity index (χ0n) is 11.5. The number of aliphatic carboxylic acids is 1. The van der Waals surface area contributed by atoms with Crippen molar-refractivity contribution in [3.63, 3.8) is 0 Å². The highest BCUT2D eigenvalue weighted by molar-refractivity contribution is 5.83. The highest BCUT2D eigenvalue weighted by Crippen LogP contribution is 2.25. The van der Waals surface area contributed by atoms with Gasteiger partial charge in [-0.15, -0.1) is 0 Å². The van der Waals surface area contributed by atoms with Crippen molar-refractivity contribution in [2.24, 2.45) is 0 Å². The summed E-state index contributed by atoms with van der Waals surface area (Å²) in [4.78, 5) is 26.8. The molecule has 0 aromatic heterocycles. The Bertz CT molecular complexity index is 344. The molecule has 2 amide bonds. The first-order valence-corrected chi connectivity index (χ1v) is 7.14. The van der Waals surface area contributed by atoms with Gasteiger partial charge in [-0.2, -0.15) is 0 Å². The molecule has 1 saturated heterocycles. The number of likely N-dealkylation sites (N-methyl/N-ethyl adjacent to an activating group) is 1. The second-order valence-electron chi connectivity index (χ2n) is 5.28. The summed E-state index contributed by atoms with van der Waals surface area (Å²) in [6, 6.07) is -0.192. The Morgan fingerprint density at radius 2 is 2.11 bits per heavy atom. The molecule has 2 fully saturated rings. The zero-order valence-corrected chi connectivity index (χ0v) is 11.5. The van der Waals surface area contributed by atoms with Crippen molar-refractivity contribution in [3.8, 4) is 0 Å². The number of nitrogens with one attached hydrogen (secondary N) is 1. The van der Waals surface area contributed by atoms with E-state index in [2.05, 4.69) is 17.1 Å². The maximum atomic E-state index is 11.9. The summed E-state index contributed by atoms with van der Waals surface area (Å²) in [6.45, 7) is 5.11. The van der Waals surface area contributed by atoms with Crippen molar-refractivity contribution in [3.05, 3.63) is 0 Å². The molecule has 6 nitrogen and oxygen atoms in total. The van der Waals surface area contributed by atoms with Crippen molar-refractivity contribution in [2.45, 2.75) is 44.7 Å². The molecule has 1 aliphatic heterocycles. The number of hydrogen-bond acceptors (Lipinski definition) is 3. The van der Waals surface area contributed by atoms with E-state index in [1.165, 1.54) is 17.7 Å². The van der Waals surface area contributed by atoms with E-state index in [9.17, 15) is 9.59 Å².